The maximum Gasteiger partial charge on any atom is 0.436 e. The Labute approximate surface area is 251 Å². The third-order valence-electron chi connectivity index (χ3n) is 5.45. The van der Waals surface area contributed by atoms with E-state index in [1.165, 1.54) is 38.2 Å². The maximum absolute atomic E-state index is 13.5. The first-order valence-corrected chi connectivity index (χ1v) is 13.0. The van der Waals surface area contributed by atoms with E-state index in [2.05, 4.69) is 11.7 Å². The van der Waals surface area contributed by atoms with Crippen molar-refractivity contribution in [2.24, 2.45) is 7.05 Å². The van der Waals surface area contributed by atoms with Crippen LogP contribution >= 0.6 is 46.4 Å². The van der Waals surface area contributed by atoms with Crippen LogP contribution in [-0.4, -0.2) is 34.4 Å². The average Bonchev–Trinajstić information content (AvgIpc) is 3.15. The van der Waals surface area contributed by atoms with Crippen LogP contribution in [0.25, 0.3) is 5.57 Å². The van der Waals surface area contributed by atoms with Crippen LogP contribution in [0.15, 0.2) is 59.4 Å². The fraction of sp³-hybridized carbons (Fsp3) is 0.308. The number of nitrogens with zero attached hydrogens (tertiary/aromatic N) is 2. The van der Waals surface area contributed by atoms with Crippen molar-refractivity contribution in [1.29, 1.82) is 0 Å². The van der Waals surface area contributed by atoms with Crippen LogP contribution in [0.2, 0.25) is 15.1 Å². The average molecular weight is 666 g/mol. The summed E-state index contributed by atoms with van der Waals surface area (Å²) in [7, 11) is 1.17. The van der Waals surface area contributed by atoms with E-state index < -0.39 is 46.9 Å². The monoisotopic (exact) mass is 664 g/mol. The predicted molar refractivity (Wildman–Crippen MR) is 146 cm³/mol. The fourth-order valence-corrected chi connectivity index (χ4v) is 4.69. The molecule has 15 heteroatoms. The Bertz CT molecular complexity index is 1410. The first kappa shape index (κ1) is 34.6. The summed E-state index contributed by atoms with van der Waals surface area (Å²) in [5, 5.41) is 3.05. The summed E-state index contributed by atoms with van der Waals surface area (Å²) in [6.45, 7) is 5.59. The number of allylic oxidation sites excluding steroid dienone is 4. The highest BCUT2D eigenvalue weighted by Gasteiger charge is 2.39. The van der Waals surface area contributed by atoms with Gasteiger partial charge in [-0.05, 0) is 37.1 Å². The summed E-state index contributed by atoms with van der Waals surface area (Å²) in [6, 6.07) is 4.32. The molecule has 0 radical (unpaired) electrons. The molecule has 0 unspecified atom stereocenters. The van der Waals surface area contributed by atoms with Gasteiger partial charge in [0.25, 0.3) is 0 Å². The zero-order valence-electron chi connectivity index (χ0n) is 21.6. The molecule has 0 aliphatic rings. The summed E-state index contributed by atoms with van der Waals surface area (Å²) in [4.78, 5) is 12.1. The Hall–Kier alpha value is -2.60. The molecule has 0 N–H and O–H groups in total. The SMILES string of the molecule is C=C/C(COc1ccc(Cl)cc1Cl)=C(/C/C=C(\CCl)C(F)(F)F)C(OC(C)=O)=C(C)c1c(Cl)c(C(F)(F)F)nn1C. The smallest absolute Gasteiger partial charge is 0.436 e. The van der Waals surface area contributed by atoms with E-state index in [1.54, 1.807) is 0 Å². The highest BCUT2D eigenvalue weighted by atomic mass is 35.5. The quantitative estimate of drug-likeness (QED) is 0.0634. The molecule has 0 amide bonds. The minimum absolute atomic E-state index is 0.0875. The number of rotatable bonds is 10. The van der Waals surface area contributed by atoms with Crippen LogP contribution in [0, 0.1) is 0 Å². The van der Waals surface area contributed by atoms with Crippen LogP contribution in [-0.2, 0) is 22.8 Å². The molecule has 2 aromatic rings. The Morgan fingerprint density at radius 1 is 1.12 bits per heavy atom. The van der Waals surface area contributed by atoms with Crippen molar-refractivity contribution in [2.45, 2.75) is 32.6 Å². The van der Waals surface area contributed by atoms with Crippen LogP contribution in [0.3, 0.4) is 0 Å². The third-order valence-corrected chi connectivity index (χ3v) is 6.62. The van der Waals surface area contributed by atoms with E-state index in [9.17, 15) is 31.1 Å². The molecular weight excluding hydrogens is 644 g/mol. The van der Waals surface area contributed by atoms with Crippen LogP contribution in [0.1, 0.15) is 31.7 Å². The number of aryl methyl sites for hydroxylation is 1. The van der Waals surface area contributed by atoms with Crippen molar-refractivity contribution in [1.82, 2.24) is 9.78 Å². The van der Waals surface area contributed by atoms with E-state index in [0.29, 0.717) is 5.02 Å². The second-order valence-electron chi connectivity index (χ2n) is 8.32. The molecule has 0 spiro atoms. The van der Waals surface area contributed by atoms with Crippen LogP contribution in [0.5, 0.6) is 5.75 Å². The van der Waals surface area contributed by atoms with Gasteiger partial charge in [0.2, 0.25) is 0 Å². The molecule has 224 valence electrons. The van der Waals surface area contributed by atoms with E-state index in [1.807, 2.05) is 0 Å². The van der Waals surface area contributed by atoms with Crippen molar-refractivity contribution < 1.29 is 40.6 Å². The van der Waals surface area contributed by atoms with Gasteiger partial charge in [0.05, 0.1) is 21.6 Å². The first-order valence-electron chi connectivity index (χ1n) is 11.4. The number of halogens is 10. The number of ether oxygens (including phenoxy) is 2. The Balaban J connectivity index is 2.86. The van der Waals surface area contributed by atoms with E-state index in [-0.39, 0.29) is 45.6 Å². The zero-order valence-corrected chi connectivity index (χ0v) is 24.6. The van der Waals surface area contributed by atoms with E-state index >= 15 is 0 Å². The lowest BCUT2D eigenvalue weighted by atomic mass is 9.97. The highest BCUT2D eigenvalue weighted by molar-refractivity contribution is 6.35. The molecule has 2 rings (SSSR count). The topological polar surface area (TPSA) is 53.4 Å². The number of hydrogen-bond acceptors (Lipinski definition) is 4. The molecule has 1 heterocycles. The van der Waals surface area contributed by atoms with Gasteiger partial charge >= 0.3 is 18.3 Å². The number of hydrogen-bond donors (Lipinski definition) is 0. The Morgan fingerprint density at radius 2 is 1.76 bits per heavy atom. The Kier molecular flexibility index (Phi) is 11.9. The molecular formula is C26H22Cl4F6N2O3. The standard InChI is InChI=1S/C26H22Cl4F6N2O3/c1-5-15(12-40-20-9-7-17(28)10-19(20)29)18(8-6-16(11-27)25(31,32)33)23(41-14(3)39)13(2)22-21(30)24(26(34,35)36)37-38(22)4/h5-7,9-10H,1,8,11-12H2,2-4H3/b16-6+,18-15+,23-13?. The van der Waals surface area contributed by atoms with Gasteiger partial charge in [0.15, 0.2) is 5.69 Å². The molecule has 0 saturated heterocycles. The van der Waals surface area contributed by atoms with Gasteiger partial charge < -0.3 is 9.47 Å². The lowest BCUT2D eigenvalue weighted by molar-refractivity contribution is -0.141. The first-order chi connectivity index (χ1) is 18.9. The number of carbonyl (C=O) groups is 1. The fourth-order valence-electron chi connectivity index (χ4n) is 3.56. The zero-order chi connectivity index (χ0) is 31.3. The summed E-state index contributed by atoms with van der Waals surface area (Å²) in [6.07, 6.45) is -8.28. The van der Waals surface area contributed by atoms with Gasteiger partial charge in [-0.2, -0.15) is 31.4 Å². The molecule has 1 aromatic heterocycles. The number of aromatic nitrogens is 2. The van der Waals surface area contributed by atoms with Crippen LogP contribution in [0.4, 0.5) is 26.3 Å². The number of esters is 1. The molecule has 1 aromatic carbocycles. The van der Waals surface area contributed by atoms with E-state index in [0.717, 1.165) is 17.7 Å². The van der Waals surface area contributed by atoms with Crippen molar-refractivity contribution in [3.05, 3.63) is 85.9 Å². The molecule has 0 saturated carbocycles. The van der Waals surface area contributed by atoms with Gasteiger partial charge in [-0.3, -0.25) is 9.48 Å². The molecule has 0 aliphatic heterocycles. The van der Waals surface area contributed by atoms with Gasteiger partial charge in [0, 0.05) is 35.7 Å². The van der Waals surface area contributed by atoms with Crippen molar-refractivity contribution in [3.63, 3.8) is 0 Å². The lowest BCUT2D eigenvalue weighted by Crippen LogP contribution is -2.14. The summed E-state index contributed by atoms with van der Waals surface area (Å²) in [5.74, 6) is -2.05. The molecule has 41 heavy (non-hydrogen) atoms. The lowest BCUT2D eigenvalue weighted by Gasteiger charge is -2.19. The third kappa shape index (κ3) is 8.94. The molecule has 5 nitrogen and oxygen atoms in total. The second-order valence-corrected chi connectivity index (χ2v) is 9.81. The summed E-state index contributed by atoms with van der Waals surface area (Å²) < 4.78 is 92.8. The predicted octanol–water partition coefficient (Wildman–Crippen LogP) is 9.37. The minimum atomic E-state index is -4.92. The molecule has 0 aliphatic carbocycles. The van der Waals surface area contributed by atoms with Crippen molar-refractivity contribution >= 4 is 57.9 Å². The molecule has 0 bridgehead atoms. The van der Waals surface area contributed by atoms with Crippen molar-refractivity contribution in [3.8, 4) is 5.75 Å². The normalized spacial score (nSPS) is 13.9. The number of carbonyl (C=O) groups excluding carboxylic acids is 1. The molecule has 0 fully saturated rings. The maximum atomic E-state index is 13.5. The largest absolute Gasteiger partial charge is 0.487 e. The van der Waals surface area contributed by atoms with Gasteiger partial charge in [-0.15, -0.1) is 11.6 Å². The van der Waals surface area contributed by atoms with Crippen LogP contribution < -0.4 is 4.74 Å². The summed E-state index contributed by atoms with van der Waals surface area (Å²) in [5.41, 5.74) is -2.93. The van der Waals surface area contributed by atoms with E-state index in [4.69, 9.17) is 55.9 Å². The second kappa shape index (κ2) is 14.0. The highest BCUT2D eigenvalue weighted by Crippen LogP contribution is 2.40. The minimum Gasteiger partial charge on any atom is -0.487 e. The summed E-state index contributed by atoms with van der Waals surface area (Å²) >= 11 is 23.6. The van der Waals surface area contributed by atoms with Gasteiger partial charge in [-0.1, -0.05) is 53.5 Å². The number of alkyl halides is 7. The number of benzene rings is 1. The molecule has 0 atom stereocenters. The van der Waals surface area contributed by atoms with Gasteiger partial charge in [0.1, 0.15) is 18.1 Å². The Morgan fingerprint density at radius 3 is 2.22 bits per heavy atom. The van der Waals surface area contributed by atoms with Crippen molar-refractivity contribution in [2.75, 3.05) is 12.5 Å². The van der Waals surface area contributed by atoms with Gasteiger partial charge in [-0.25, -0.2) is 0 Å².